The molecule has 0 amide bonds. The molecule has 0 atom stereocenters. The smallest absolute Gasteiger partial charge is 0.369 e. The van der Waals surface area contributed by atoms with Gasteiger partial charge >= 0.3 is 6.18 Å². The van der Waals surface area contributed by atoms with Gasteiger partial charge in [-0.15, -0.1) is 0 Å². The highest BCUT2D eigenvalue weighted by molar-refractivity contribution is 14.1. The number of ether oxygens (including phenoxy) is 1. The first kappa shape index (κ1) is 15.4. The van der Waals surface area contributed by atoms with Gasteiger partial charge in [-0.25, -0.2) is 9.97 Å². The molecule has 0 unspecified atom stereocenters. The van der Waals surface area contributed by atoms with E-state index in [9.17, 15) is 13.2 Å². The lowest BCUT2D eigenvalue weighted by atomic mass is 10.4. The summed E-state index contributed by atoms with van der Waals surface area (Å²) in [6.45, 7) is 1.21. The molecular formula is C10H13F3IN3O. The van der Waals surface area contributed by atoms with Gasteiger partial charge in [0.2, 0.25) is 0 Å². The standard InChI is InChI=1S/C10H13F3IN3O/c1-2-3-15-9-7(14)4-16-8(17-9)5-18-6-10(11,12)13/h4H,2-3,5-6H2,1H3,(H,15,16,17). The van der Waals surface area contributed by atoms with Crippen molar-refractivity contribution in [1.29, 1.82) is 0 Å². The lowest BCUT2D eigenvalue weighted by Gasteiger charge is -2.09. The Morgan fingerprint density at radius 3 is 2.78 bits per heavy atom. The average molecular weight is 375 g/mol. The summed E-state index contributed by atoms with van der Waals surface area (Å²) >= 11 is 2.06. The first-order valence-corrected chi connectivity index (χ1v) is 6.40. The van der Waals surface area contributed by atoms with Crippen molar-refractivity contribution < 1.29 is 17.9 Å². The number of rotatable bonds is 6. The molecule has 0 bridgehead atoms. The SMILES string of the molecule is CCCNc1nc(COCC(F)(F)F)ncc1I. The van der Waals surface area contributed by atoms with Crippen LogP contribution in [0.1, 0.15) is 19.2 Å². The van der Waals surface area contributed by atoms with Crippen LogP contribution >= 0.6 is 22.6 Å². The topological polar surface area (TPSA) is 47.0 Å². The van der Waals surface area contributed by atoms with Crippen molar-refractivity contribution >= 4 is 28.4 Å². The molecular weight excluding hydrogens is 362 g/mol. The number of hydrogen-bond donors (Lipinski definition) is 1. The van der Waals surface area contributed by atoms with Gasteiger partial charge in [0.25, 0.3) is 0 Å². The molecule has 0 fully saturated rings. The summed E-state index contributed by atoms with van der Waals surface area (Å²) in [5.74, 6) is 0.858. The third-order valence-electron chi connectivity index (χ3n) is 1.83. The Morgan fingerprint density at radius 1 is 1.44 bits per heavy atom. The molecule has 0 aromatic carbocycles. The van der Waals surface area contributed by atoms with E-state index in [1.54, 1.807) is 6.20 Å². The molecule has 4 nitrogen and oxygen atoms in total. The number of hydrogen-bond acceptors (Lipinski definition) is 4. The van der Waals surface area contributed by atoms with E-state index in [4.69, 9.17) is 0 Å². The summed E-state index contributed by atoms with van der Waals surface area (Å²) in [6, 6.07) is 0. The minimum Gasteiger partial charge on any atom is -0.369 e. The van der Waals surface area contributed by atoms with Crippen molar-refractivity contribution in [3.8, 4) is 0 Å². The fourth-order valence-electron chi connectivity index (χ4n) is 1.10. The van der Waals surface area contributed by atoms with Gasteiger partial charge in [0.15, 0.2) is 5.82 Å². The van der Waals surface area contributed by atoms with E-state index in [1.807, 2.05) is 6.92 Å². The molecule has 1 aromatic rings. The molecule has 0 saturated heterocycles. The predicted molar refractivity (Wildman–Crippen MR) is 69.2 cm³/mol. The molecule has 0 saturated carbocycles. The second kappa shape index (κ2) is 7.07. The Balaban J connectivity index is 2.56. The molecule has 1 rings (SSSR count). The zero-order valence-electron chi connectivity index (χ0n) is 9.72. The van der Waals surface area contributed by atoms with E-state index >= 15 is 0 Å². The largest absolute Gasteiger partial charge is 0.411 e. The molecule has 0 spiro atoms. The minimum atomic E-state index is -4.33. The van der Waals surface area contributed by atoms with Crippen LogP contribution < -0.4 is 5.32 Å². The van der Waals surface area contributed by atoms with Crippen LogP contribution in [0.5, 0.6) is 0 Å². The molecule has 1 heterocycles. The molecule has 0 aliphatic heterocycles. The van der Waals surface area contributed by atoms with Gasteiger partial charge in [-0.1, -0.05) is 6.92 Å². The van der Waals surface area contributed by atoms with Gasteiger partial charge in [0, 0.05) is 12.7 Å². The second-order valence-electron chi connectivity index (χ2n) is 3.52. The zero-order chi connectivity index (χ0) is 13.6. The number of nitrogens with one attached hydrogen (secondary N) is 1. The summed E-state index contributed by atoms with van der Waals surface area (Å²) in [5, 5.41) is 3.07. The average Bonchev–Trinajstić information content (AvgIpc) is 2.28. The fraction of sp³-hybridized carbons (Fsp3) is 0.600. The van der Waals surface area contributed by atoms with Crippen LogP contribution in [0.15, 0.2) is 6.20 Å². The number of alkyl halides is 3. The Morgan fingerprint density at radius 2 is 2.17 bits per heavy atom. The zero-order valence-corrected chi connectivity index (χ0v) is 11.9. The third-order valence-corrected chi connectivity index (χ3v) is 2.62. The van der Waals surface area contributed by atoms with Crippen molar-refractivity contribution in [2.45, 2.75) is 26.1 Å². The van der Waals surface area contributed by atoms with Gasteiger partial charge in [0.05, 0.1) is 3.57 Å². The Hall–Kier alpha value is -0.640. The maximum absolute atomic E-state index is 11.9. The lowest BCUT2D eigenvalue weighted by molar-refractivity contribution is -0.177. The quantitative estimate of drug-likeness (QED) is 0.777. The van der Waals surface area contributed by atoms with Gasteiger partial charge in [-0.3, -0.25) is 0 Å². The van der Waals surface area contributed by atoms with Crippen molar-refractivity contribution in [3.63, 3.8) is 0 Å². The molecule has 0 aliphatic rings. The summed E-state index contributed by atoms with van der Waals surface area (Å²) < 4.78 is 41.0. The van der Waals surface area contributed by atoms with Crippen LogP contribution in [0, 0.1) is 3.57 Å². The number of anilines is 1. The maximum Gasteiger partial charge on any atom is 0.411 e. The summed E-state index contributed by atoms with van der Waals surface area (Å²) in [5.41, 5.74) is 0. The predicted octanol–water partition coefficient (Wildman–Crippen LogP) is 2.98. The summed E-state index contributed by atoms with van der Waals surface area (Å²) in [6.07, 6.45) is -1.84. The van der Waals surface area contributed by atoms with E-state index in [-0.39, 0.29) is 12.4 Å². The van der Waals surface area contributed by atoms with E-state index < -0.39 is 12.8 Å². The van der Waals surface area contributed by atoms with E-state index in [1.165, 1.54) is 0 Å². The highest BCUT2D eigenvalue weighted by Crippen LogP contribution is 2.17. The minimum absolute atomic E-state index is 0.235. The van der Waals surface area contributed by atoms with Gasteiger partial charge in [-0.05, 0) is 29.0 Å². The Labute approximate surface area is 116 Å². The first-order valence-electron chi connectivity index (χ1n) is 5.32. The molecule has 1 N–H and O–H groups in total. The van der Waals surface area contributed by atoms with Gasteiger partial charge in [0.1, 0.15) is 19.0 Å². The van der Waals surface area contributed by atoms with Crippen molar-refractivity contribution in [1.82, 2.24) is 9.97 Å². The molecule has 0 aliphatic carbocycles. The van der Waals surface area contributed by atoms with Gasteiger partial charge in [-0.2, -0.15) is 13.2 Å². The molecule has 1 aromatic heterocycles. The summed E-state index contributed by atoms with van der Waals surface area (Å²) in [4.78, 5) is 8.02. The summed E-state index contributed by atoms with van der Waals surface area (Å²) in [7, 11) is 0. The van der Waals surface area contributed by atoms with E-state index in [2.05, 4.69) is 42.6 Å². The van der Waals surface area contributed by atoms with Crippen LogP contribution in [0.4, 0.5) is 19.0 Å². The van der Waals surface area contributed by atoms with Crippen molar-refractivity contribution in [2.75, 3.05) is 18.5 Å². The normalized spacial score (nSPS) is 11.6. The Kier molecular flexibility index (Phi) is 6.06. The third kappa shape index (κ3) is 5.80. The van der Waals surface area contributed by atoms with Crippen LogP contribution in [0.3, 0.4) is 0 Å². The molecule has 18 heavy (non-hydrogen) atoms. The first-order chi connectivity index (χ1) is 8.42. The van der Waals surface area contributed by atoms with E-state index in [0.29, 0.717) is 5.82 Å². The fourth-order valence-corrected chi connectivity index (χ4v) is 1.55. The van der Waals surface area contributed by atoms with Crippen LogP contribution in [0.25, 0.3) is 0 Å². The van der Waals surface area contributed by atoms with Gasteiger partial charge < -0.3 is 10.1 Å². The second-order valence-corrected chi connectivity index (χ2v) is 4.68. The lowest BCUT2D eigenvalue weighted by Crippen LogP contribution is -2.17. The molecule has 102 valence electrons. The highest BCUT2D eigenvalue weighted by atomic mass is 127. The molecule has 0 radical (unpaired) electrons. The number of halogens is 4. The Bertz CT molecular complexity index is 387. The van der Waals surface area contributed by atoms with Crippen LogP contribution in [0.2, 0.25) is 0 Å². The monoisotopic (exact) mass is 375 g/mol. The van der Waals surface area contributed by atoms with Crippen molar-refractivity contribution in [3.05, 3.63) is 15.6 Å². The maximum atomic E-state index is 11.9. The van der Waals surface area contributed by atoms with E-state index in [0.717, 1.165) is 16.5 Å². The number of aromatic nitrogens is 2. The van der Waals surface area contributed by atoms with Crippen molar-refractivity contribution in [2.24, 2.45) is 0 Å². The number of nitrogens with zero attached hydrogens (tertiary/aromatic N) is 2. The van der Waals surface area contributed by atoms with Crippen LogP contribution in [-0.4, -0.2) is 29.3 Å². The van der Waals surface area contributed by atoms with Crippen LogP contribution in [-0.2, 0) is 11.3 Å². The molecule has 8 heteroatoms. The highest BCUT2D eigenvalue weighted by Gasteiger charge is 2.27.